The predicted octanol–water partition coefficient (Wildman–Crippen LogP) is 3.84. The van der Waals surface area contributed by atoms with Crippen LogP contribution >= 0.6 is 0 Å². The van der Waals surface area contributed by atoms with E-state index in [9.17, 15) is 0 Å². The molecule has 2 rings (SSSR count). The fraction of sp³-hybridized carbons (Fsp3) is 0.312. The van der Waals surface area contributed by atoms with Crippen molar-refractivity contribution in [1.29, 1.82) is 0 Å². The van der Waals surface area contributed by atoms with Crippen molar-refractivity contribution in [3.8, 4) is 5.75 Å². The lowest BCUT2D eigenvalue weighted by molar-refractivity contribution is 0.299. The van der Waals surface area contributed by atoms with Gasteiger partial charge < -0.3 is 4.74 Å². The third-order valence-corrected chi connectivity index (χ3v) is 2.97. The molecular formula is C16H19NO. The second kappa shape index (κ2) is 5.67. The highest BCUT2D eigenvalue weighted by Gasteiger charge is 2.02. The van der Waals surface area contributed by atoms with Crippen molar-refractivity contribution in [1.82, 2.24) is 4.98 Å². The van der Waals surface area contributed by atoms with Gasteiger partial charge in [-0.2, -0.15) is 0 Å². The van der Waals surface area contributed by atoms with Crippen molar-refractivity contribution in [2.75, 3.05) is 0 Å². The van der Waals surface area contributed by atoms with Crippen molar-refractivity contribution in [3.63, 3.8) is 0 Å². The molecule has 94 valence electrons. The van der Waals surface area contributed by atoms with E-state index in [1.165, 1.54) is 11.1 Å². The van der Waals surface area contributed by atoms with Crippen molar-refractivity contribution in [2.24, 2.45) is 0 Å². The molecule has 0 aliphatic rings. The number of ether oxygens (including phenoxy) is 1. The third-order valence-electron chi connectivity index (χ3n) is 2.97. The highest BCUT2D eigenvalue weighted by atomic mass is 16.5. The fourth-order valence-electron chi connectivity index (χ4n) is 1.92. The monoisotopic (exact) mass is 241 g/mol. The lowest BCUT2D eigenvalue weighted by Crippen LogP contribution is -2.00. The van der Waals surface area contributed by atoms with E-state index >= 15 is 0 Å². The lowest BCUT2D eigenvalue weighted by Gasteiger charge is -2.10. The summed E-state index contributed by atoms with van der Waals surface area (Å²) in [4.78, 5) is 4.43. The summed E-state index contributed by atoms with van der Waals surface area (Å²) in [6.07, 6.45) is 1.06. The normalized spacial score (nSPS) is 10.4. The third kappa shape index (κ3) is 3.10. The Hall–Kier alpha value is -1.83. The zero-order valence-electron chi connectivity index (χ0n) is 11.2. The van der Waals surface area contributed by atoms with Gasteiger partial charge in [0.15, 0.2) is 0 Å². The highest BCUT2D eigenvalue weighted by molar-refractivity contribution is 5.36. The minimum absolute atomic E-state index is 0.522. The van der Waals surface area contributed by atoms with Crippen LogP contribution in [0.4, 0.5) is 0 Å². The minimum Gasteiger partial charge on any atom is -0.487 e. The van der Waals surface area contributed by atoms with Crippen molar-refractivity contribution in [3.05, 3.63) is 58.9 Å². The lowest BCUT2D eigenvalue weighted by atomic mass is 10.1. The molecule has 0 amide bonds. The molecule has 0 radical (unpaired) electrons. The molecule has 2 heteroatoms. The maximum absolute atomic E-state index is 5.81. The smallest absolute Gasteiger partial charge is 0.130 e. The molecule has 0 saturated carbocycles. The van der Waals surface area contributed by atoms with Crippen LogP contribution in [0, 0.1) is 13.8 Å². The molecule has 1 aromatic carbocycles. The second-order valence-electron chi connectivity index (χ2n) is 4.51. The molecule has 0 fully saturated rings. The summed E-state index contributed by atoms with van der Waals surface area (Å²) in [6, 6.07) is 12.3. The molecule has 0 unspecified atom stereocenters. The van der Waals surface area contributed by atoms with E-state index in [1.807, 2.05) is 31.2 Å². The summed E-state index contributed by atoms with van der Waals surface area (Å²) in [5.74, 6) is 0.940. The van der Waals surface area contributed by atoms with Crippen molar-refractivity contribution < 1.29 is 4.74 Å². The zero-order chi connectivity index (χ0) is 13.0. The Labute approximate surface area is 109 Å². The van der Waals surface area contributed by atoms with Crippen LogP contribution in [0.15, 0.2) is 36.4 Å². The number of hydrogen-bond donors (Lipinski definition) is 0. The van der Waals surface area contributed by atoms with Crippen LogP contribution in [0.5, 0.6) is 5.75 Å². The first-order chi connectivity index (χ1) is 8.69. The minimum atomic E-state index is 0.522. The van der Waals surface area contributed by atoms with E-state index in [0.717, 1.165) is 23.6 Å². The molecular weight excluding hydrogens is 222 g/mol. The molecule has 0 aliphatic carbocycles. The van der Waals surface area contributed by atoms with Crippen LogP contribution in [0.1, 0.15) is 29.4 Å². The molecule has 2 nitrogen and oxygen atoms in total. The predicted molar refractivity (Wildman–Crippen MR) is 73.9 cm³/mol. The molecule has 1 heterocycles. The number of aromatic nitrogens is 1. The standard InChI is InChI=1S/C16H19NO/c1-4-14-8-9-16(12(2)10-14)18-11-15-7-5-6-13(3)17-15/h5-10H,4,11H2,1-3H3. The number of nitrogens with zero attached hydrogens (tertiary/aromatic N) is 1. The van der Waals surface area contributed by atoms with Gasteiger partial charge in [-0.25, -0.2) is 0 Å². The fourth-order valence-corrected chi connectivity index (χ4v) is 1.92. The maximum atomic E-state index is 5.81. The number of pyridine rings is 1. The van der Waals surface area contributed by atoms with E-state index in [0.29, 0.717) is 6.61 Å². The molecule has 2 aromatic rings. The van der Waals surface area contributed by atoms with Crippen LogP contribution in [-0.2, 0) is 13.0 Å². The van der Waals surface area contributed by atoms with Crippen LogP contribution in [0.2, 0.25) is 0 Å². The Morgan fingerprint density at radius 1 is 1.11 bits per heavy atom. The average Bonchev–Trinajstić information content (AvgIpc) is 2.37. The van der Waals surface area contributed by atoms with Crippen LogP contribution < -0.4 is 4.74 Å². The first-order valence-corrected chi connectivity index (χ1v) is 6.34. The summed E-state index contributed by atoms with van der Waals surface area (Å²) in [7, 11) is 0. The number of benzene rings is 1. The molecule has 0 saturated heterocycles. The van der Waals surface area contributed by atoms with Crippen molar-refractivity contribution >= 4 is 0 Å². The van der Waals surface area contributed by atoms with Crippen LogP contribution in [0.25, 0.3) is 0 Å². The zero-order valence-corrected chi connectivity index (χ0v) is 11.2. The Morgan fingerprint density at radius 2 is 1.94 bits per heavy atom. The van der Waals surface area contributed by atoms with E-state index in [2.05, 4.69) is 31.0 Å². The van der Waals surface area contributed by atoms with Gasteiger partial charge in [0.05, 0.1) is 5.69 Å². The first kappa shape index (κ1) is 12.6. The molecule has 0 N–H and O–H groups in total. The summed E-state index contributed by atoms with van der Waals surface area (Å²) >= 11 is 0. The Bertz CT molecular complexity index is 534. The van der Waals surface area contributed by atoms with Gasteiger partial charge in [0.1, 0.15) is 12.4 Å². The molecule has 0 aliphatic heterocycles. The summed E-state index contributed by atoms with van der Waals surface area (Å²) in [5, 5.41) is 0. The molecule has 1 aromatic heterocycles. The first-order valence-electron chi connectivity index (χ1n) is 6.34. The average molecular weight is 241 g/mol. The van der Waals surface area contributed by atoms with Gasteiger partial charge in [-0.3, -0.25) is 4.98 Å². The van der Waals surface area contributed by atoms with Gasteiger partial charge >= 0.3 is 0 Å². The molecule has 0 bridgehead atoms. The summed E-state index contributed by atoms with van der Waals surface area (Å²) < 4.78 is 5.81. The van der Waals surface area contributed by atoms with E-state index in [4.69, 9.17) is 4.74 Å². The van der Waals surface area contributed by atoms with Gasteiger partial charge in [0.25, 0.3) is 0 Å². The number of aryl methyl sites for hydroxylation is 3. The largest absolute Gasteiger partial charge is 0.487 e. The van der Waals surface area contributed by atoms with E-state index in [-0.39, 0.29) is 0 Å². The van der Waals surface area contributed by atoms with Gasteiger partial charge in [0, 0.05) is 5.69 Å². The van der Waals surface area contributed by atoms with E-state index in [1.54, 1.807) is 0 Å². The Morgan fingerprint density at radius 3 is 2.61 bits per heavy atom. The molecule has 18 heavy (non-hydrogen) atoms. The summed E-state index contributed by atoms with van der Waals surface area (Å²) in [6.45, 7) is 6.75. The maximum Gasteiger partial charge on any atom is 0.130 e. The number of rotatable bonds is 4. The highest BCUT2D eigenvalue weighted by Crippen LogP contribution is 2.20. The van der Waals surface area contributed by atoms with Gasteiger partial charge in [-0.05, 0) is 49.6 Å². The summed E-state index contributed by atoms with van der Waals surface area (Å²) in [5.41, 5.74) is 4.51. The van der Waals surface area contributed by atoms with Crippen LogP contribution in [-0.4, -0.2) is 4.98 Å². The molecule has 0 atom stereocenters. The topological polar surface area (TPSA) is 22.1 Å². The SMILES string of the molecule is CCc1ccc(OCc2cccc(C)n2)c(C)c1. The van der Waals surface area contributed by atoms with Crippen LogP contribution in [0.3, 0.4) is 0 Å². The van der Waals surface area contributed by atoms with Crippen molar-refractivity contribution in [2.45, 2.75) is 33.8 Å². The Balaban J connectivity index is 2.06. The van der Waals surface area contributed by atoms with Gasteiger partial charge in [0.2, 0.25) is 0 Å². The quantitative estimate of drug-likeness (QED) is 0.811. The Kier molecular flexibility index (Phi) is 3.98. The van der Waals surface area contributed by atoms with E-state index < -0.39 is 0 Å². The molecule has 0 spiro atoms. The second-order valence-corrected chi connectivity index (χ2v) is 4.51. The van der Waals surface area contributed by atoms with Gasteiger partial charge in [-0.1, -0.05) is 25.1 Å². The van der Waals surface area contributed by atoms with Gasteiger partial charge in [-0.15, -0.1) is 0 Å². The number of hydrogen-bond acceptors (Lipinski definition) is 2.